The molecule has 0 aromatic heterocycles. The Morgan fingerprint density at radius 2 is 2.20 bits per heavy atom. The Hall–Kier alpha value is -1.40. The number of thiocarbonyl (C=S) groups is 1. The highest BCUT2D eigenvalue weighted by Crippen LogP contribution is 2.23. The van der Waals surface area contributed by atoms with Crippen LogP contribution in [0.1, 0.15) is 55.8 Å². The number of benzene rings is 1. The lowest BCUT2D eigenvalue weighted by atomic mass is 9.97. The van der Waals surface area contributed by atoms with Crippen molar-refractivity contribution in [3.8, 4) is 5.75 Å². The molecule has 1 amide bonds. The normalized spacial score (nSPS) is 13.8. The summed E-state index contributed by atoms with van der Waals surface area (Å²) in [7, 11) is 0. The predicted octanol–water partition coefficient (Wildman–Crippen LogP) is 4.73. The lowest BCUT2D eigenvalue weighted by Crippen LogP contribution is -2.39. The molecule has 1 aromatic rings. The van der Waals surface area contributed by atoms with Crippen LogP contribution in [-0.4, -0.2) is 24.2 Å². The molecule has 1 aliphatic carbocycles. The molecule has 0 saturated carbocycles. The van der Waals surface area contributed by atoms with Gasteiger partial charge in [-0.15, -0.1) is 0 Å². The van der Waals surface area contributed by atoms with E-state index in [1.54, 1.807) is 12.1 Å². The number of halogens is 1. The zero-order valence-electron chi connectivity index (χ0n) is 14.6. The summed E-state index contributed by atoms with van der Waals surface area (Å²) in [6, 6.07) is 5.40. The van der Waals surface area contributed by atoms with Gasteiger partial charge in [0.25, 0.3) is 5.91 Å². The summed E-state index contributed by atoms with van der Waals surface area (Å²) in [4.78, 5) is 12.5. The summed E-state index contributed by atoms with van der Waals surface area (Å²) in [5, 5.41) is 6.20. The summed E-state index contributed by atoms with van der Waals surface area (Å²) in [5.74, 6) is 0.305. The molecule has 25 heavy (non-hydrogen) atoms. The fourth-order valence-electron chi connectivity index (χ4n) is 2.70. The van der Waals surface area contributed by atoms with Crippen molar-refractivity contribution in [3.63, 3.8) is 0 Å². The molecule has 0 saturated heterocycles. The average Bonchev–Trinajstić information content (AvgIpc) is 2.61. The molecule has 0 fully saturated rings. The molecule has 2 N–H and O–H groups in total. The molecule has 4 nitrogen and oxygen atoms in total. The largest absolute Gasteiger partial charge is 0.493 e. The van der Waals surface area contributed by atoms with E-state index >= 15 is 0 Å². The van der Waals surface area contributed by atoms with Gasteiger partial charge in [-0.3, -0.25) is 10.1 Å². The quantitative estimate of drug-likeness (QED) is 0.490. The molecule has 1 aliphatic rings. The van der Waals surface area contributed by atoms with Gasteiger partial charge in [0.2, 0.25) is 0 Å². The highest BCUT2D eigenvalue weighted by Gasteiger charge is 2.14. The second kappa shape index (κ2) is 10.6. The van der Waals surface area contributed by atoms with Crippen LogP contribution in [0, 0.1) is 0 Å². The molecular formula is C19H25BrN2O2S. The number of hydrogen-bond donors (Lipinski definition) is 2. The van der Waals surface area contributed by atoms with Crippen LogP contribution in [-0.2, 0) is 0 Å². The van der Waals surface area contributed by atoms with Crippen molar-refractivity contribution in [1.82, 2.24) is 10.6 Å². The van der Waals surface area contributed by atoms with Gasteiger partial charge in [-0.05, 0) is 68.9 Å². The van der Waals surface area contributed by atoms with Crippen molar-refractivity contribution in [2.75, 3.05) is 13.2 Å². The first-order chi connectivity index (χ1) is 12.1. The summed E-state index contributed by atoms with van der Waals surface area (Å²) in [6.07, 6.45) is 9.10. The second-order valence-electron chi connectivity index (χ2n) is 6.06. The number of allylic oxidation sites excluding steroid dienone is 1. The fourth-order valence-corrected chi connectivity index (χ4v) is 3.26. The standard InChI is InChI=1S/C19H25BrN2O2S/c1-2-12-24-17-9-8-15(20)13-16(17)18(23)22-19(25)21-11-10-14-6-4-3-5-7-14/h6,8-9,13H,2-5,7,10-12H2,1H3,(H2,21,22,23,25). The highest BCUT2D eigenvalue weighted by atomic mass is 79.9. The van der Waals surface area contributed by atoms with E-state index in [4.69, 9.17) is 17.0 Å². The minimum Gasteiger partial charge on any atom is -0.493 e. The zero-order chi connectivity index (χ0) is 18.1. The van der Waals surface area contributed by atoms with Crippen molar-refractivity contribution in [2.45, 2.75) is 45.4 Å². The Morgan fingerprint density at radius 3 is 2.92 bits per heavy atom. The summed E-state index contributed by atoms with van der Waals surface area (Å²) in [5.41, 5.74) is 1.96. The molecule has 136 valence electrons. The number of amides is 1. The van der Waals surface area contributed by atoms with Crippen LogP contribution in [0.4, 0.5) is 0 Å². The monoisotopic (exact) mass is 424 g/mol. The maximum atomic E-state index is 12.5. The zero-order valence-corrected chi connectivity index (χ0v) is 17.0. The molecule has 2 rings (SSSR count). The number of carbonyl (C=O) groups is 1. The van der Waals surface area contributed by atoms with Crippen molar-refractivity contribution >= 4 is 39.2 Å². The SMILES string of the molecule is CCCOc1ccc(Br)cc1C(=O)NC(=S)NCCC1=CCCCC1. The molecule has 0 unspecified atom stereocenters. The fraction of sp³-hybridized carbons (Fsp3) is 0.474. The third-order valence-corrected chi connectivity index (χ3v) is 4.73. The molecular weight excluding hydrogens is 400 g/mol. The smallest absolute Gasteiger partial charge is 0.261 e. The number of rotatable bonds is 7. The van der Waals surface area contributed by atoms with E-state index in [0.717, 1.165) is 23.9 Å². The van der Waals surface area contributed by atoms with Crippen molar-refractivity contribution in [3.05, 3.63) is 39.9 Å². The Kier molecular flexibility index (Phi) is 8.41. The molecule has 0 atom stereocenters. The van der Waals surface area contributed by atoms with E-state index in [1.807, 2.05) is 13.0 Å². The first-order valence-electron chi connectivity index (χ1n) is 8.79. The maximum absolute atomic E-state index is 12.5. The first kappa shape index (κ1) is 19.9. The van der Waals surface area contributed by atoms with Crippen molar-refractivity contribution in [1.29, 1.82) is 0 Å². The van der Waals surface area contributed by atoms with Crippen LogP contribution in [0.5, 0.6) is 5.75 Å². The molecule has 0 radical (unpaired) electrons. The van der Waals surface area contributed by atoms with Gasteiger partial charge in [0, 0.05) is 11.0 Å². The van der Waals surface area contributed by atoms with Gasteiger partial charge in [-0.1, -0.05) is 34.5 Å². The molecule has 6 heteroatoms. The number of nitrogens with one attached hydrogen (secondary N) is 2. The van der Waals surface area contributed by atoms with Crippen molar-refractivity contribution < 1.29 is 9.53 Å². The Labute approximate surface area is 163 Å². The van der Waals surface area contributed by atoms with E-state index in [1.165, 1.54) is 31.3 Å². The van der Waals surface area contributed by atoms with Gasteiger partial charge in [-0.2, -0.15) is 0 Å². The number of ether oxygens (including phenoxy) is 1. The van der Waals surface area contributed by atoms with Crippen LogP contribution in [0.25, 0.3) is 0 Å². The van der Waals surface area contributed by atoms with Crippen molar-refractivity contribution in [2.24, 2.45) is 0 Å². The van der Waals surface area contributed by atoms with E-state index < -0.39 is 0 Å². The number of carbonyl (C=O) groups excluding carboxylic acids is 1. The Balaban J connectivity index is 1.86. The van der Waals surface area contributed by atoms with Gasteiger partial charge in [-0.25, -0.2) is 0 Å². The third kappa shape index (κ3) is 6.78. The van der Waals surface area contributed by atoms with Crippen LogP contribution in [0.15, 0.2) is 34.3 Å². The van der Waals surface area contributed by atoms with Gasteiger partial charge in [0.1, 0.15) is 5.75 Å². The molecule has 0 bridgehead atoms. The molecule has 0 aliphatic heterocycles. The summed E-state index contributed by atoms with van der Waals surface area (Å²) >= 11 is 8.64. The minimum absolute atomic E-state index is 0.262. The van der Waals surface area contributed by atoms with Crippen LogP contribution in [0.2, 0.25) is 0 Å². The summed E-state index contributed by atoms with van der Waals surface area (Å²) < 4.78 is 6.48. The topological polar surface area (TPSA) is 50.4 Å². The van der Waals surface area contributed by atoms with Crippen LogP contribution >= 0.6 is 28.1 Å². The lowest BCUT2D eigenvalue weighted by molar-refractivity contribution is 0.0972. The van der Waals surface area contributed by atoms with E-state index in [2.05, 4.69) is 32.6 Å². The van der Waals surface area contributed by atoms with E-state index in [9.17, 15) is 4.79 Å². The highest BCUT2D eigenvalue weighted by molar-refractivity contribution is 9.10. The minimum atomic E-state index is -0.262. The van der Waals surface area contributed by atoms with Crippen LogP contribution < -0.4 is 15.4 Å². The van der Waals surface area contributed by atoms with Gasteiger partial charge in [0.05, 0.1) is 12.2 Å². The number of hydrogen-bond acceptors (Lipinski definition) is 3. The molecule has 1 aromatic carbocycles. The lowest BCUT2D eigenvalue weighted by Gasteiger charge is -2.15. The molecule has 0 spiro atoms. The first-order valence-corrected chi connectivity index (χ1v) is 9.99. The summed E-state index contributed by atoms with van der Waals surface area (Å²) in [6.45, 7) is 3.34. The average molecular weight is 425 g/mol. The van der Waals surface area contributed by atoms with E-state index in [0.29, 0.717) is 23.0 Å². The van der Waals surface area contributed by atoms with E-state index in [-0.39, 0.29) is 5.91 Å². The third-order valence-electron chi connectivity index (χ3n) is 3.99. The van der Waals surface area contributed by atoms with Gasteiger partial charge < -0.3 is 10.1 Å². The Morgan fingerprint density at radius 1 is 1.36 bits per heavy atom. The predicted molar refractivity (Wildman–Crippen MR) is 109 cm³/mol. The van der Waals surface area contributed by atoms with Gasteiger partial charge >= 0.3 is 0 Å². The maximum Gasteiger partial charge on any atom is 0.261 e. The Bertz CT molecular complexity index is 646. The second-order valence-corrected chi connectivity index (χ2v) is 7.38. The van der Waals surface area contributed by atoms with Gasteiger partial charge in [0.15, 0.2) is 5.11 Å². The van der Waals surface area contributed by atoms with Crippen LogP contribution in [0.3, 0.4) is 0 Å². The molecule has 0 heterocycles.